The number of carbonyl (C=O) groups is 1. The summed E-state index contributed by atoms with van der Waals surface area (Å²) in [6.45, 7) is 1.79. The number of thioether (sulfide) groups is 1. The van der Waals surface area contributed by atoms with E-state index in [-0.39, 0.29) is 5.91 Å². The highest BCUT2D eigenvalue weighted by atomic mass is 32.2. The molecule has 1 N–H and O–H groups in total. The number of carbonyl (C=O) groups excluding carboxylic acids is 1. The molecule has 0 aliphatic carbocycles. The van der Waals surface area contributed by atoms with Gasteiger partial charge in [0.25, 0.3) is 5.03 Å². The van der Waals surface area contributed by atoms with Gasteiger partial charge in [0.05, 0.1) is 10.9 Å². The molecule has 132 valence electrons. The van der Waals surface area contributed by atoms with Crippen molar-refractivity contribution < 1.29 is 9.52 Å². The van der Waals surface area contributed by atoms with Gasteiger partial charge in [0, 0.05) is 21.9 Å². The molecule has 3 rings (SSSR count). The molecule has 2 aromatic carbocycles. The highest BCUT2D eigenvalue weighted by Crippen LogP contribution is 2.33. The third-order valence-corrected chi connectivity index (χ3v) is 5.78. The second-order valence-corrected chi connectivity index (χ2v) is 8.00. The van der Waals surface area contributed by atoms with E-state index in [2.05, 4.69) is 5.32 Å². The van der Waals surface area contributed by atoms with E-state index in [1.165, 1.54) is 18.0 Å². The second-order valence-electron chi connectivity index (χ2n) is 5.53. The van der Waals surface area contributed by atoms with Crippen molar-refractivity contribution in [2.24, 2.45) is 0 Å². The summed E-state index contributed by atoms with van der Waals surface area (Å²) in [4.78, 5) is 14.7. The van der Waals surface area contributed by atoms with Gasteiger partial charge in [0.2, 0.25) is 5.91 Å². The molecule has 6 heteroatoms. The number of hydrogen-bond acceptors (Lipinski definition) is 4. The van der Waals surface area contributed by atoms with Crippen molar-refractivity contribution in [2.45, 2.75) is 27.0 Å². The zero-order valence-electron chi connectivity index (χ0n) is 14.2. The fraction of sp³-hybridized carbons (Fsp3) is 0.100. The van der Waals surface area contributed by atoms with Crippen molar-refractivity contribution in [3.8, 4) is 0 Å². The standard InChI is InChI=1S/C20H18N2O2S2/c1-15(25-19-13-7-8-14-22(19)24)20(23)21-17-11-5-6-12-18(17)26-16-9-3-2-4-10-16/h2-15H,1H3,(H,21,23). The number of hydrogen-bond donors (Lipinski definition) is 1. The highest BCUT2D eigenvalue weighted by molar-refractivity contribution is 8.00. The van der Waals surface area contributed by atoms with Gasteiger partial charge >= 0.3 is 0 Å². The van der Waals surface area contributed by atoms with Crippen molar-refractivity contribution in [3.63, 3.8) is 0 Å². The topological polar surface area (TPSA) is 56.0 Å². The van der Waals surface area contributed by atoms with E-state index >= 15 is 0 Å². The minimum Gasteiger partial charge on any atom is -0.618 e. The molecule has 0 aliphatic rings. The molecule has 26 heavy (non-hydrogen) atoms. The lowest BCUT2D eigenvalue weighted by Gasteiger charge is -2.14. The zero-order chi connectivity index (χ0) is 18.4. The summed E-state index contributed by atoms with van der Waals surface area (Å²) in [5.41, 5.74) is 0.766. The van der Waals surface area contributed by atoms with E-state index in [4.69, 9.17) is 0 Å². The summed E-state index contributed by atoms with van der Waals surface area (Å²) < 4.78 is 0.771. The van der Waals surface area contributed by atoms with Crippen molar-refractivity contribution >= 4 is 35.1 Å². The maximum atomic E-state index is 12.6. The van der Waals surface area contributed by atoms with Crippen molar-refractivity contribution in [2.75, 3.05) is 5.32 Å². The second kappa shape index (κ2) is 8.78. The SMILES string of the molecule is CC(Sc1cccc[n+]1[O-])C(=O)Nc1ccccc1Sc1ccccc1. The number of anilines is 1. The lowest BCUT2D eigenvalue weighted by Crippen LogP contribution is -2.30. The van der Waals surface area contributed by atoms with Crippen LogP contribution in [0.5, 0.6) is 0 Å². The normalized spacial score (nSPS) is 11.7. The molecule has 0 spiro atoms. The maximum absolute atomic E-state index is 12.6. The summed E-state index contributed by atoms with van der Waals surface area (Å²) in [5.74, 6) is -0.139. The average molecular weight is 383 g/mol. The van der Waals surface area contributed by atoms with Gasteiger partial charge in [0.15, 0.2) is 6.20 Å². The molecule has 3 aromatic rings. The van der Waals surface area contributed by atoms with Crippen LogP contribution >= 0.6 is 23.5 Å². The van der Waals surface area contributed by atoms with Gasteiger partial charge in [0.1, 0.15) is 0 Å². The van der Waals surface area contributed by atoms with Gasteiger partial charge in [-0.3, -0.25) is 4.79 Å². The van der Waals surface area contributed by atoms with Crippen LogP contribution in [-0.4, -0.2) is 11.2 Å². The first kappa shape index (κ1) is 18.4. The Labute approximate surface area is 161 Å². The number of rotatable bonds is 6. The third-order valence-electron chi connectivity index (χ3n) is 3.57. The number of benzene rings is 2. The van der Waals surface area contributed by atoms with Crippen molar-refractivity contribution in [3.05, 3.63) is 84.2 Å². The zero-order valence-corrected chi connectivity index (χ0v) is 15.8. The molecule has 0 fully saturated rings. The van der Waals surface area contributed by atoms with Crippen LogP contribution < -0.4 is 10.0 Å². The van der Waals surface area contributed by atoms with Crippen LogP contribution in [0.2, 0.25) is 0 Å². The van der Waals surface area contributed by atoms with Gasteiger partial charge < -0.3 is 10.5 Å². The van der Waals surface area contributed by atoms with Gasteiger partial charge in [-0.25, -0.2) is 0 Å². The van der Waals surface area contributed by atoms with Crippen molar-refractivity contribution in [1.82, 2.24) is 0 Å². The van der Waals surface area contributed by atoms with E-state index < -0.39 is 5.25 Å². The Balaban J connectivity index is 1.70. The van der Waals surface area contributed by atoms with Gasteiger partial charge in [-0.15, -0.1) is 0 Å². The van der Waals surface area contributed by atoms with Crippen LogP contribution in [0.15, 0.2) is 93.8 Å². The summed E-state index contributed by atoms with van der Waals surface area (Å²) in [6.07, 6.45) is 1.43. The number of pyridine rings is 1. The van der Waals surface area contributed by atoms with E-state index in [0.717, 1.165) is 20.2 Å². The molecule has 0 radical (unpaired) electrons. The summed E-state index contributed by atoms with van der Waals surface area (Å²) >= 11 is 2.84. The largest absolute Gasteiger partial charge is 0.618 e. The lowest BCUT2D eigenvalue weighted by molar-refractivity contribution is -0.645. The Hall–Kier alpha value is -2.44. The average Bonchev–Trinajstić information content (AvgIpc) is 2.66. The number of amides is 1. The Kier molecular flexibility index (Phi) is 6.20. The number of nitrogens with zero attached hydrogens (tertiary/aromatic N) is 1. The molecule has 0 saturated carbocycles. The molecule has 1 amide bonds. The van der Waals surface area contributed by atoms with Crippen LogP contribution in [0.3, 0.4) is 0 Å². The van der Waals surface area contributed by atoms with Crippen LogP contribution in [0.4, 0.5) is 5.69 Å². The molecule has 0 bridgehead atoms. The smallest absolute Gasteiger partial charge is 0.252 e. The Morgan fingerprint density at radius 3 is 2.46 bits per heavy atom. The van der Waals surface area contributed by atoms with Crippen molar-refractivity contribution in [1.29, 1.82) is 0 Å². The minimum absolute atomic E-state index is 0.139. The first-order chi connectivity index (χ1) is 12.6. The number of nitrogens with one attached hydrogen (secondary N) is 1. The van der Waals surface area contributed by atoms with Crippen LogP contribution in [0, 0.1) is 5.21 Å². The monoisotopic (exact) mass is 382 g/mol. The molecule has 1 heterocycles. The van der Waals surface area contributed by atoms with Gasteiger partial charge in [-0.05, 0) is 49.0 Å². The predicted molar refractivity (Wildman–Crippen MR) is 106 cm³/mol. The fourth-order valence-corrected chi connectivity index (χ4v) is 4.02. The van der Waals surface area contributed by atoms with E-state index in [0.29, 0.717) is 5.03 Å². The van der Waals surface area contributed by atoms with Crippen LogP contribution in [-0.2, 0) is 4.79 Å². The number of aromatic nitrogens is 1. The van der Waals surface area contributed by atoms with Crippen LogP contribution in [0.25, 0.3) is 0 Å². The molecule has 0 aliphatic heterocycles. The lowest BCUT2D eigenvalue weighted by atomic mass is 10.3. The quantitative estimate of drug-likeness (QED) is 0.385. The summed E-state index contributed by atoms with van der Waals surface area (Å²) in [5, 5.41) is 14.8. The first-order valence-corrected chi connectivity index (χ1v) is 9.81. The molecule has 1 atom stereocenters. The first-order valence-electron chi connectivity index (χ1n) is 8.11. The maximum Gasteiger partial charge on any atom is 0.252 e. The summed E-state index contributed by atoms with van der Waals surface area (Å²) in [6, 6.07) is 22.9. The Morgan fingerprint density at radius 2 is 1.69 bits per heavy atom. The van der Waals surface area contributed by atoms with Gasteiger partial charge in [-0.1, -0.05) is 42.1 Å². The molecular weight excluding hydrogens is 364 g/mol. The van der Waals surface area contributed by atoms with Gasteiger partial charge in [-0.2, -0.15) is 4.73 Å². The molecular formula is C20H18N2O2S2. The van der Waals surface area contributed by atoms with Crippen LogP contribution in [0.1, 0.15) is 6.92 Å². The number of para-hydroxylation sites is 1. The van der Waals surface area contributed by atoms with E-state index in [1.54, 1.807) is 36.9 Å². The molecule has 1 aromatic heterocycles. The predicted octanol–water partition coefficient (Wildman–Crippen LogP) is 4.59. The highest BCUT2D eigenvalue weighted by Gasteiger charge is 2.19. The minimum atomic E-state index is -0.396. The Morgan fingerprint density at radius 1 is 1.00 bits per heavy atom. The van der Waals surface area contributed by atoms with E-state index in [9.17, 15) is 10.0 Å². The molecule has 4 nitrogen and oxygen atoms in total. The third kappa shape index (κ3) is 4.80. The molecule has 0 saturated heterocycles. The molecule has 1 unspecified atom stereocenters. The van der Waals surface area contributed by atoms with E-state index in [1.807, 2.05) is 54.6 Å². The summed E-state index contributed by atoms with van der Waals surface area (Å²) in [7, 11) is 0. The Bertz CT molecular complexity index is 888. The fourth-order valence-electron chi connectivity index (χ4n) is 2.25.